The van der Waals surface area contributed by atoms with Crippen LogP contribution in [-0.4, -0.2) is 38.7 Å². The largest absolute Gasteiger partial charge is 0.398 e. The van der Waals surface area contributed by atoms with Crippen molar-refractivity contribution in [3.05, 3.63) is 23.2 Å². The van der Waals surface area contributed by atoms with Crippen molar-refractivity contribution in [3.8, 4) is 0 Å². The van der Waals surface area contributed by atoms with Gasteiger partial charge in [-0.15, -0.1) is 0 Å². The van der Waals surface area contributed by atoms with Crippen LogP contribution in [0.1, 0.15) is 13.8 Å². The Labute approximate surface area is 114 Å². The zero-order valence-electron chi connectivity index (χ0n) is 10.7. The number of nitrogens with zero attached hydrogens (tertiary/aromatic N) is 1. The summed E-state index contributed by atoms with van der Waals surface area (Å²) in [6, 6.07) is 4.43. The first-order valence-corrected chi connectivity index (χ1v) is 7.93. The third kappa shape index (κ3) is 3.86. The Kier molecular flexibility index (Phi) is 5.44. The molecule has 0 spiro atoms. The first-order chi connectivity index (χ1) is 8.40. The van der Waals surface area contributed by atoms with Gasteiger partial charge in [-0.05, 0) is 31.3 Å². The molecule has 0 saturated carbocycles. The Bertz CT molecular complexity index is 499. The second-order valence-electron chi connectivity index (χ2n) is 4.03. The smallest absolute Gasteiger partial charge is 0.179 e. The van der Waals surface area contributed by atoms with E-state index in [9.17, 15) is 8.42 Å². The van der Waals surface area contributed by atoms with Gasteiger partial charge in [0.1, 0.15) is 0 Å². The molecule has 0 aliphatic carbocycles. The monoisotopic (exact) mass is 290 g/mol. The lowest BCUT2D eigenvalue weighted by molar-refractivity contribution is 0.321. The van der Waals surface area contributed by atoms with E-state index < -0.39 is 9.84 Å². The fourth-order valence-corrected chi connectivity index (χ4v) is 3.16. The molecule has 102 valence electrons. The quantitative estimate of drug-likeness (QED) is 0.814. The summed E-state index contributed by atoms with van der Waals surface area (Å²) < 4.78 is 24.2. The van der Waals surface area contributed by atoms with E-state index in [-0.39, 0.29) is 15.7 Å². The molecule has 0 aromatic heterocycles. The third-order valence-electron chi connectivity index (χ3n) is 2.90. The number of benzene rings is 1. The lowest BCUT2D eigenvalue weighted by Crippen LogP contribution is -2.29. The number of rotatable bonds is 6. The van der Waals surface area contributed by atoms with Crippen LogP contribution < -0.4 is 5.73 Å². The fourth-order valence-electron chi connectivity index (χ4n) is 1.61. The van der Waals surface area contributed by atoms with E-state index in [0.29, 0.717) is 12.2 Å². The van der Waals surface area contributed by atoms with Crippen molar-refractivity contribution >= 4 is 27.1 Å². The van der Waals surface area contributed by atoms with E-state index >= 15 is 0 Å². The Morgan fingerprint density at radius 1 is 1.28 bits per heavy atom. The van der Waals surface area contributed by atoms with Crippen molar-refractivity contribution in [3.63, 3.8) is 0 Å². The summed E-state index contributed by atoms with van der Waals surface area (Å²) in [6.45, 7) is 6.23. The average molecular weight is 291 g/mol. The standard InChI is InChI=1S/C12H19ClN2O2S/c1-3-15(4-2)7-8-18(16,17)10-5-6-12(14)11(13)9-10/h5-6,9H,3-4,7-8,14H2,1-2H3. The highest BCUT2D eigenvalue weighted by atomic mass is 35.5. The first kappa shape index (κ1) is 15.3. The number of hydrogen-bond acceptors (Lipinski definition) is 4. The lowest BCUT2D eigenvalue weighted by Gasteiger charge is -2.17. The third-order valence-corrected chi connectivity index (χ3v) is 4.92. The Morgan fingerprint density at radius 3 is 2.39 bits per heavy atom. The number of nitrogen functional groups attached to an aromatic ring is 1. The maximum atomic E-state index is 12.1. The molecule has 6 heteroatoms. The summed E-state index contributed by atoms with van der Waals surface area (Å²) in [4.78, 5) is 2.30. The van der Waals surface area contributed by atoms with E-state index in [2.05, 4.69) is 4.90 Å². The maximum Gasteiger partial charge on any atom is 0.179 e. The van der Waals surface area contributed by atoms with Gasteiger partial charge >= 0.3 is 0 Å². The molecule has 4 nitrogen and oxygen atoms in total. The fraction of sp³-hybridized carbons (Fsp3) is 0.500. The van der Waals surface area contributed by atoms with Crippen molar-refractivity contribution in [2.45, 2.75) is 18.7 Å². The van der Waals surface area contributed by atoms with Crippen LogP contribution in [0.15, 0.2) is 23.1 Å². The van der Waals surface area contributed by atoms with E-state index in [0.717, 1.165) is 13.1 Å². The second kappa shape index (κ2) is 6.41. The Balaban J connectivity index is 2.83. The van der Waals surface area contributed by atoms with Crippen molar-refractivity contribution < 1.29 is 8.42 Å². The average Bonchev–Trinajstić information content (AvgIpc) is 2.33. The summed E-state index contributed by atoms with van der Waals surface area (Å²) in [7, 11) is -3.30. The number of halogens is 1. The van der Waals surface area contributed by atoms with Gasteiger partial charge < -0.3 is 10.6 Å². The maximum absolute atomic E-state index is 12.1. The minimum absolute atomic E-state index is 0.0922. The highest BCUT2D eigenvalue weighted by Crippen LogP contribution is 2.23. The molecule has 0 aliphatic rings. The number of nitrogens with two attached hydrogens (primary N) is 1. The zero-order valence-corrected chi connectivity index (χ0v) is 12.3. The van der Waals surface area contributed by atoms with Gasteiger partial charge in [0.2, 0.25) is 0 Å². The summed E-state index contributed by atoms with van der Waals surface area (Å²) in [5, 5.41) is 0.277. The molecule has 18 heavy (non-hydrogen) atoms. The van der Waals surface area contributed by atoms with Gasteiger partial charge in [0.15, 0.2) is 9.84 Å². The van der Waals surface area contributed by atoms with E-state index in [1.165, 1.54) is 18.2 Å². The summed E-state index contributed by atoms with van der Waals surface area (Å²) >= 11 is 5.84. The van der Waals surface area contributed by atoms with Gasteiger partial charge in [-0.2, -0.15) is 0 Å². The molecule has 0 atom stereocenters. The van der Waals surface area contributed by atoms with Crippen molar-refractivity contribution in [1.82, 2.24) is 4.90 Å². The van der Waals surface area contributed by atoms with Gasteiger partial charge in [0, 0.05) is 6.54 Å². The highest BCUT2D eigenvalue weighted by molar-refractivity contribution is 7.91. The number of sulfone groups is 1. The first-order valence-electron chi connectivity index (χ1n) is 5.90. The van der Waals surface area contributed by atoms with Crippen molar-refractivity contribution in [2.24, 2.45) is 0 Å². The zero-order chi connectivity index (χ0) is 13.8. The van der Waals surface area contributed by atoms with E-state index in [1.54, 1.807) is 0 Å². The molecule has 0 aliphatic heterocycles. The van der Waals surface area contributed by atoms with Gasteiger partial charge in [0.25, 0.3) is 0 Å². The molecule has 0 unspecified atom stereocenters. The highest BCUT2D eigenvalue weighted by Gasteiger charge is 2.16. The summed E-state index contributed by atoms with van der Waals surface area (Å²) in [6.07, 6.45) is 0. The van der Waals surface area contributed by atoms with E-state index in [4.69, 9.17) is 17.3 Å². The molecule has 0 amide bonds. The Morgan fingerprint density at radius 2 is 1.89 bits per heavy atom. The molecule has 0 radical (unpaired) electrons. The predicted octanol–water partition coefficient (Wildman–Crippen LogP) is 2.04. The molecular formula is C12H19ClN2O2S. The summed E-state index contributed by atoms with van der Waals surface area (Å²) in [5.41, 5.74) is 5.95. The van der Waals surface area contributed by atoms with Crippen LogP contribution in [-0.2, 0) is 9.84 Å². The second-order valence-corrected chi connectivity index (χ2v) is 6.55. The van der Waals surface area contributed by atoms with Gasteiger partial charge in [-0.3, -0.25) is 0 Å². The van der Waals surface area contributed by atoms with Gasteiger partial charge in [-0.25, -0.2) is 8.42 Å². The number of anilines is 1. The molecule has 0 fully saturated rings. The lowest BCUT2D eigenvalue weighted by atomic mass is 10.3. The van der Waals surface area contributed by atoms with Crippen LogP contribution >= 0.6 is 11.6 Å². The normalized spacial score (nSPS) is 12.0. The van der Waals surface area contributed by atoms with Gasteiger partial charge in [0.05, 0.1) is 21.4 Å². The molecular weight excluding hydrogens is 272 g/mol. The SMILES string of the molecule is CCN(CC)CCS(=O)(=O)c1ccc(N)c(Cl)c1. The van der Waals surface area contributed by atoms with Crippen molar-refractivity contribution in [1.29, 1.82) is 0 Å². The van der Waals surface area contributed by atoms with Crippen LogP contribution in [0.4, 0.5) is 5.69 Å². The van der Waals surface area contributed by atoms with Crippen LogP contribution in [0.5, 0.6) is 0 Å². The van der Waals surface area contributed by atoms with Crippen LogP contribution in [0.2, 0.25) is 5.02 Å². The van der Waals surface area contributed by atoms with Crippen LogP contribution in [0.3, 0.4) is 0 Å². The van der Waals surface area contributed by atoms with Gasteiger partial charge in [-0.1, -0.05) is 25.4 Å². The minimum atomic E-state index is -3.30. The Hall–Kier alpha value is -0.780. The topological polar surface area (TPSA) is 63.4 Å². The molecule has 0 heterocycles. The van der Waals surface area contributed by atoms with Crippen LogP contribution in [0, 0.1) is 0 Å². The van der Waals surface area contributed by atoms with Crippen molar-refractivity contribution in [2.75, 3.05) is 31.1 Å². The van der Waals surface area contributed by atoms with Crippen LogP contribution in [0.25, 0.3) is 0 Å². The predicted molar refractivity (Wildman–Crippen MR) is 75.7 cm³/mol. The van der Waals surface area contributed by atoms with E-state index in [1.807, 2.05) is 13.8 Å². The number of hydrogen-bond donors (Lipinski definition) is 1. The minimum Gasteiger partial charge on any atom is -0.398 e. The molecule has 1 aromatic rings. The molecule has 0 bridgehead atoms. The summed E-state index contributed by atoms with van der Waals surface area (Å²) in [5.74, 6) is 0.0922. The molecule has 0 saturated heterocycles. The molecule has 2 N–H and O–H groups in total. The molecule has 1 aromatic carbocycles. The molecule has 1 rings (SSSR count).